The quantitative estimate of drug-likeness (QED) is 0.724. The summed E-state index contributed by atoms with van der Waals surface area (Å²) >= 11 is 0. The number of aliphatic hydroxyl groups is 2. The molecule has 158 valence electrons. The molecule has 2 aromatic carbocycles. The molecule has 5 rings (SSSR count). The fourth-order valence-corrected chi connectivity index (χ4v) is 6.15. The van der Waals surface area contributed by atoms with Gasteiger partial charge in [0.05, 0.1) is 17.1 Å². The van der Waals surface area contributed by atoms with E-state index in [1.807, 2.05) is 25.1 Å². The molecule has 0 bridgehead atoms. The summed E-state index contributed by atoms with van der Waals surface area (Å²) < 4.78 is 39.2. The molecular weight excluding hydrogens is 406 g/mol. The highest BCUT2D eigenvalue weighted by Crippen LogP contribution is 2.46. The largest absolute Gasteiger partial charge is 0.454 e. The Hall–Kier alpha value is -2.39. The Morgan fingerprint density at radius 1 is 1.03 bits per heavy atom. The predicted molar refractivity (Wildman–Crippen MR) is 109 cm³/mol. The van der Waals surface area contributed by atoms with Crippen LogP contribution in [-0.2, 0) is 10.0 Å². The van der Waals surface area contributed by atoms with Crippen LogP contribution >= 0.6 is 0 Å². The lowest BCUT2D eigenvalue weighted by atomic mass is 9.83. The van der Waals surface area contributed by atoms with Gasteiger partial charge in [0.25, 0.3) is 0 Å². The van der Waals surface area contributed by atoms with Crippen molar-refractivity contribution < 1.29 is 28.1 Å². The Morgan fingerprint density at radius 3 is 2.53 bits per heavy atom. The van der Waals surface area contributed by atoms with E-state index in [2.05, 4.69) is 0 Å². The minimum absolute atomic E-state index is 0.152. The highest BCUT2D eigenvalue weighted by atomic mass is 32.2. The molecule has 2 N–H and O–H groups in total. The van der Waals surface area contributed by atoms with Crippen LogP contribution in [0.4, 0.5) is 0 Å². The molecule has 0 saturated carbocycles. The minimum atomic E-state index is -3.78. The molecule has 1 fully saturated rings. The van der Waals surface area contributed by atoms with E-state index in [0.717, 1.165) is 16.7 Å². The molecule has 7 nitrogen and oxygen atoms in total. The first-order valence-electron chi connectivity index (χ1n) is 9.90. The molecule has 1 saturated heterocycles. The minimum Gasteiger partial charge on any atom is -0.454 e. The zero-order chi connectivity index (χ0) is 21.0. The molecule has 0 amide bonds. The standard InChI is InChI=1S/C22H23NO6S/c1-13-2-5-15(6-3-13)30(26,27)23-11-17(16-9-19(24)20(25)10-18(16)23)14-4-7-21-22(8-14)29-12-28-21/h2-9,17-20,24-25H,10-12H2,1H3/t17-,18+,19-,20+/m1/s1. The van der Waals surface area contributed by atoms with Crippen LogP contribution in [0.15, 0.2) is 59.0 Å². The van der Waals surface area contributed by atoms with Gasteiger partial charge in [0, 0.05) is 18.5 Å². The zero-order valence-corrected chi connectivity index (χ0v) is 17.2. The van der Waals surface area contributed by atoms with Crippen molar-refractivity contribution in [2.45, 2.75) is 42.4 Å². The number of hydrogen-bond acceptors (Lipinski definition) is 6. The van der Waals surface area contributed by atoms with Crippen molar-refractivity contribution in [2.75, 3.05) is 13.3 Å². The Balaban J connectivity index is 1.57. The SMILES string of the molecule is Cc1ccc(S(=O)(=O)N2C[C@H](c3ccc4c(c3)OCO4)C3=C[C@@H](O)[C@@H](O)C[C@@H]32)cc1. The van der Waals surface area contributed by atoms with E-state index in [0.29, 0.717) is 11.5 Å². The molecule has 2 heterocycles. The van der Waals surface area contributed by atoms with Crippen molar-refractivity contribution in [3.8, 4) is 11.5 Å². The Morgan fingerprint density at radius 2 is 1.77 bits per heavy atom. The molecule has 2 aliphatic heterocycles. The lowest BCUT2D eigenvalue weighted by molar-refractivity contribution is 0.0278. The highest BCUT2D eigenvalue weighted by molar-refractivity contribution is 7.89. The van der Waals surface area contributed by atoms with E-state index in [4.69, 9.17) is 9.47 Å². The number of ether oxygens (including phenoxy) is 2. The van der Waals surface area contributed by atoms with Crippen molar-refractivity contribution >= 4 is 10.0 Å². The van der Waals surface area contributed by atoms with Gasteiger partial charge in [-0.05, 0) is 48.7 Å². The van der Waals surface area contributed by atoms with Crippen LogP contribution in [0, 0.1) is 6.92 Å². The van der Waals surface area contributed by atoms with Crippen LogP contribution in [0.3, 0.4) is 0 Å². The molecule has 3 aliphatic rings. The maximum atomic E-state index is 13.5. The van der Waals surface area contributed by atoms with Crippen LogP contribution < -0.4 is 9.47 Å². The summed E-state index contributed by atoms with van der Waals surface area (Å²) in [5, 5.41) is 20.5. The number of rotatable bonds is 3. The summed E-state index contributed by atoms with van der Waals surface area (Å²) in [7, 11) is -3.78. The molecule has 4 atom stereocenters. The van der Waals surface area contributed by atoms with Gasteiger partial charge in [-0.1, -0.05) is 29.8 Å². The third kappa shape index (κ3) is 3.11. The van der Waals surface area contributed by atoms with E-state index in [-0.39, 0.29) is 30.6 Å². The van der Waals surface area contributed by atoms with E-state index in [1.54, 1.807) is 30.3 Å². The first kappa shape index (κ1) is 19.6. The van der Waals surface area contributed by atoms with Crippen LogP contribution in [0.1, 0.15) is 23.5 Å². The van der Waals surface area contributed by atoms with Gasteiger partial charge in [0.1, 0.15) is 0 Å². The van der Waals surface area contributed by atoms with Gasteiger partial charge in [0.15, 0.2) is 11.5 Å². The lowest BCUT2D eigenvalue weighted by Crippen LogP contribution is -2.42. The van der Waals surface area contributed by atoms with Crippen LogP contribution in [-0.4, -0.2) is 54.5 Å². The second-order valence-corrected chi connectivity index (χ2v) is 9.92. The van der Waals surface area contributed by atoms with E-state index in [1.165, 1.54) is 4.31 Å². The Kier molecular flexibility index (Phi) is 4.62. The summed E-state index contributed by atoms with van der Waals surface area (Å²) in [4.78, 5) is 0.222. The normalized spacial score (nSPS) is 28.3. The zero-order valence-electron chi connectivity index (χ0n) is 16.4. The number of nitrogens with zero attached hydrogens (tertiary/aromatic N) is 1. The third-order valence-electron chi connectivity index (χ3n) is 6.15. The first-order valence-corrected chi connectivity index (χ1v) is 11.3. The van der Waals surface area contributed by atoms with Gasteiger partial charge in [0.2, 0.25) is 16.8 Å². The number of benzene rings is 2. The molecule has 0 spiro atoms. The topological polar surface area (TPSA) is 96.3 Å². The van der Waals surface area contributed by atoms with Crippen molar-refractivity contribution in [3.05, 3.63) is 65.2 Å². The highest BCUT2D eigenvalue weighted by Gasteiger charge is 2.47. The molecule has 8 heteroatoms. The van der Waals surface area contributed by atoms with Gasteiger partial charge in [-0.3, -0.25) is 0 Å². The Bertz CT molecular complexity index is 1110. The summed E-state index contributed by atoms with van der Waals surface area (Å²) in [6.45, 7) is 2.29. The molecular formula is C22H23NO6S. The molecule has 0 unspecified atom stereocenters. The molecule has 0 radical (unpaired) electrons. The van der Waals surface area contributed by atoms with E-state index in [9.17, 15) is 18.6 Å². The smallest absolute Gasteiger partial charge is 0.243 e. The summed E-state index contributed by atoms with van der Waals surface area (Å²) in [6.07, 6.45) is -0.266. The number of aryl methyl sites for hydroxylation is 1. The van der Waals surface area contributed by atoms with Crippen LogP contribution in [0.25, 0.3) is 0 Å². The maximum absolute atomic E-state index is 13.5. The predicted octanol–water partition coefficient (Wildman–Crippen LogP) is 1.93. The van der Waals surface area contributed by atoms with E-state index >= 15 is 0 Å². The fourth-order valence-electron chi connectivity index (χ4n) is 4.51. The summed E-state index contributed by atoms with van der Waals surface area (Å²) in [5.74, 6) is 1.04. The van der Waals surface area contributed by atoms with Gasteiger partial charge >= 0.3 is 0 Å². The van der Waals surface area contributed by atoms with Crippen molar-refractivity contribution in [3.63, 3.8) is 0 Å². The average Bonchev–Trinajstić information content (AvgIpc) is 3.33. The number of hydrogen-bond donors (Lipinski definition) is 2. The van der Waals surface area contributed by atoms with Crippen molar-refractivity contribution in [1.82, 2.24) is 4.31 Å². The second kappa shape index (κ2) is 7.09. The molecule has 2 aromatic rings. The maximum Gasteiger partial charge on any atom is 0.243 e. The number of aliphatic hydroxyl groups excluding tert-OH is 2. The van der Waals surface area contributed by atoms with Gasteiger partial charge in [-0.25, -0.2) is 8.42 Å². The first-order chi connectivity index (χ1) is 14.3. The molecule has 0 aromatic heterocycles. The fraction of sp³-hybridized carbons (Fsp3) is 0.364. The van der Waals surface area contributed by atoms with E-state index < -0.39 is 28.3 Å². The number of sulfonamides is 1. The number of fused-ring (bicyclic) bond motifs is 2. The monoisotopic (exact) mass is 429 g/mol. The van der Waals surface area contributed by atoms with Crippen LogP contribution in [0.2, 0.25) is 0 Å². The van der Waals surface area contributed by atoms with Crippen LogP contribution in [0.5, 0.6) is 11.5 Å². The van der Waals surface area contributed by atoms with Crippen molar-refractivity contribution in [2.24, 2.45) is 0 Å². The second-order valence-electron chi connectivity index (χ2n) is 8.03. The summed E-state index contributed by atoms with van der Waals surface area (Å²) in [5.41, 5.74) is 2.67. The lowest BCUT2D eigenvalue weighted by Gasteiger charge is -2.31. The van der Waals surface area contributed by atoms with Gasteiger partial charge < -0.3 is 19.7 Å². The Labute approximate surface area is 175 Å². The summed E-state index contributed by atoms with van der Waals surface area (Å²) in [6, 6.07) is 11.8. The van der Waals surface area contributed by atoms with Crippen molar-refractivity contribution in [1.29, 1.82) is 0 Å². The van der Waals surface area contributed by atoms with Gasteiger partial charge in [-0.15, -0.1) is 0 Å². The van der Waals surface area contributed by atoms with Gasteiger partial charge in [-0.2, -0.15) is 4.31 Å². The molecule has 1 aliphatic carbocycles. The molecule has 30 heavy (non-hydrogen) atoms. The third-order valence-corrected chi connectivity index (χ3v) is 8.03. The average molecular weight is 429 g/mol.